The molecule has 3 aromatic rings. The van der Waals surface area contributed by atoms with Crippen molar-refractivity contribution in [3.63, 3.8) is 0 Å². The van der Waals surface area contributed by atoms with E-state index in [9.17, 15) is 9.59 Å². The van der Waals surface area contributed by atoms with Gasteiger partial charge in [0, 0.05) is 22.8 Å². The minimum atomic E-state index is -0.365. The van der Waals surface area contributed by atoms with E-state index in [1.807, 2.05) is 79.5 Å². The summed E-state index contributed by atoms with van der Waals surface area (Å²) in [5.41, 5.74) is 3.59. The molecule has 0 spiro atoms. The van der Waals surface area contributed by atoms with Crippen molar-refractivity contribution in [3.05, 3.63) is 83.1 Å². The second kappa shape index (κ2) is 9.69. The van der Waals surface area contributed by atoms with Gasteiger partial charge < -0.3 is 14.8 Å². The first-order chi connectivity index (χ1) is 19.3. The minimum Gasteiger partial charge on any atom is -0.333 e. The first-order valence-electron chi connectivity index (χ1n) is 14.7. The first-order valence-corrected chi connectivity index (χ1v) is 15.1. The highest BCUT2D eigenvalue weighted by atomic mass is 35.5. The van der Waals surface area contributed by atoms with E-state index in [-0.39, 0.29) is 36.1 Å². The van der Waals surface area contributed by atoms with Gasteiger partial charge in [-0.2, -0.15) is 0 Å². The molecule has 6 nitrogen and oxygen atoms in total. The van der Waals surface area contributed by atoms with Crippen molar-refractivity contribution in [3.8, 4) is 5.69 Å². The molecule has 4 aliphatic carbocycles. The van der Waals surface area contributed by atoms with Crippen LogP contribution in [0.2, 0.25) is 5.02 Å². The number of carbonyl (C=O) groups is 2. The van der Waals surface area contributed by atoms with Gasteiger partial charge in [-0.3, -0.25) is 9.69 Å². The predicted molar refractivity (Wildman–Crippen MR) is 158 cm³/mol. The average molecular weight is 557 g/mol. The number of halogens is 1. The molecule has 0 saturated heterocycles. The second-order valence-electron chi connectivity index (χ2n) is 12.9. The summed E-state index contributed by atoms with van der Waals surface area (Å²) in [6.07, 6.45) is 9.24. The van der Waals surface area contributed by atoms with Gasteiger partial charge in [-0.05, 0) is 112 Å². The van der Waals surface area contributed by atoms with Crippen LogP contribution >= 0.6 is 11.6 Å². The monoisotopic (exact) mass is 556 g/mol. The van der Waals surface area contributed by atoms with Crippen molar-refractivity contribution in [2.24, 2.45) is 17.8 Å². The fraction of sp³-hybridized carbons (Fsp3) is 0.455. The number of hydrogen-bond acceptors (Lipinski definition) is 2. The minimum absolute atomic E-state index is 0.00196. The number of fused-ring (bicyclic) bond motifs is 3. The number of benzene rings is 2. The summed E-state index contributed by atoms with van der Waals surface area (Å²) in [6.45, 7) is 3.99. The van der Waals surface area contributed by atoms with Crippen molar-refractivity contribution in [2.75, 3.05) is 11.4 Å². The van der Waals surface area contributed by atoms with Gasteiger partial charge in [-0.15, -0.1) is 0 Å². The third kappa shape index (κ3) is 4.32. The number of hydrogen-bond donors (Lipinski definition) is 1. The van der Waals surface area contributed by atoms with Gasteiger partial charge in [-0.25, -0.2) is 4.79 Å². The van der Waals surface area contributed by atoms with Crippen LogP contribution in [-0.4, -0.2) is 39.5 Å². The number of rotatable bonds is 5. The van der Waals surface area contributed by atoms with Crippen LogP contribution in [0.1, 0.15) is 69.7 Å². The Kier molecular flexibility index (Phi) is 6.23. The lowest BCUT2D eigenvalue weighted by atomic mass is 9.53. The number of para-hydroxylation sites is 2. The van der Waals surface area contributed by atoms with E-state index >= 15 is 0 Å². The molecular weight excluding hydrogens is 520 g/mol. The van der Waals surface area contributed by atoms with Gasteiger partial charge in [0.1, 0.15) is 12.6 Å². The molecular formula is C33H37ClN4O2. The zero-order chi connectivity index (χ0) is 27.6. The Morgan fingerprint density at radius 2 is 1.62 bits per heavy atom. The summed E-state index contributed by atoms with van der Waals surface area (Å²) in [5.74, 6) is 2.10. The van der Waals surface area contributed by atoms with Crippen LogP contribution in [-0.2, 0) is 4.79 Å². The third-order valence-electron chi connectivity index (χ3n) is 9.75. The number of nitrogens with zero attached hydrogens (tertiary/aromatic N) is 3. The number of nitrogens with one attached hydrogen (secondary N) is 1. The van der Waals surface area contributed by atoms with Crippen molar-refractivity contribution in [2.45, 2.75) is 70.0 Å². The summed E-state index contributed by atoms with van der Waals surface area (Å²) in [7, 11) is 0. The van der Waals surface area contributed by atoms with Crippen LogP contribution < -0.4 is 10.2 Å². The highest BCUT2D eigenvalue weighted by Gasteiger charge is 2.52. The van der Waals surface area contributed by atoms with Gasteiger partial charge in [0.05, 0.1) is 17.1 Å². The lowest BCUT2D eigenvalue weighted by Gasteiger charge is -2.57. The normalized spacial score (nSPS) is 27.9. The van der Waals surface area contributed by atoms with Gasteiger partial charge in [0.15, 0.2) is 0 Å². The molecule has 1 aromatic heterocycles. The molecule has 2 heterocycles. The van der Waals surface area contributed by atoms with Gasteiger partial charge in [0.2, 0.25) is 5.91 Å². The van der Waals surface area contributed by atoms with E-state index in [1.54, 1.807) is 4.90 Å². The molecule has 0 radical (unpaired) electrons. The number of carbonyl (C=O) groups excluding carboxylic acids is 2. The van der Waals surface area contributed by atoms with Crippen LogP contribution in [0.3, 0.4) is 0 Å². The first kappa shape index (κ1) is 25.7. The maximum absolute atomic E-state index is 14.4. The molecule has 3 amide bonds. The van der Waals surface area contributed by atoms with Crippen LogP contribution in [0.4, 0.5) is 10.5 Å². The van der Waals surface area contributed by atoms with E-state index < -0.39 is 0 Å². The van der Waals surface area contributed by atoms with Crippen LogP contribution in [0.5, 0.6) is 0 Å². The van der Waals surface area contributed by atoms with Crippen molar-refractivity contribution in [1.29, 1.82) is 0 Å². The molecule has 4 fully saturated rings. The molecule has 1 N–H and O–H groups in total. The third-order valence-corrected chi connectivity index (χ3v) is 9.99. The topological polar surface area (TPSA) is 57.6 Å². The maximum atomic E-state index is 14.4. The summed E-state index contributed by atoms with van der Waals surface area (Å²) in [4.78, 5) is 31.9. The number of aromatic nitrogens is 1. The Labute approximate surface area is 241 Å². The van der Waals surface area contributed by atoms with Crippen LogP contribution in [0, 0.1) is 17.8 Å². The smallest absolute Gasteiger partial charge is 0.318 e. The van der Waals surface area contributed by atoms with Gasteiger partial charge in [-0.1, -0.05) is 35.9 Å². The molecule has 2 aromatic carbocycles. The SMILES string of the molecule is CC(C)N(CC(=O)N1c2ccccc2-n2cccc2C1c1cccc(Cl)c1)C(=O)NC12CC3CC(CC(C3)C1)C2. The average Bonchev–Trinajstić information content (AvgIpc) is 3.39. The largest absolute Gasteiger partial charge is 0.333 e. The molecule has 7 heteroatoms. The molecule has 5 aliphatic rings. The molecule has 1 atom stereocenters. The van der Waals surface area contributed by atoms with E-state index in [1.165, 1.54) is 19.3 Å². The van der Waals surface area contributed by atoms with Crippen LogP contribution in [0.25, 0.3) is 5.69 Å². The van der Waals surface area contributed by atoms with E-state index in [0.717, 1.165) is 59.6 Å². The molecule has 40 heavy (non-hydrogen) atoms. The standard InChI is InChI=1S/C33H37ClN4O2/c1-21(2)37(32(40)35-33-17-22-13-23(18-33)15-24(14-22)19-33)20-30(39)38-28-10-4-3-9-27(28)36-12-6-11-29(36)31(38)25-7-5-8-26(34)16-25/h3-12,16,21-24,31H,13-15,17-20H2,1-2H3,(H,35,40). The summed E-state index contributed by atoms with van der Waals surface area (Å²) in [5, 5.41) is 4.12. The quantitative estimate of drug-likeness (QED) is 0.369. The lowest BCUT2D eigenvalue weighted by molar-refractivity contribution is -0.120. The summed E-state index contributed by atoms with van der Waals surface area (Å²) < 4.78 is 2.14. The summed E-state index contributed by atoms with van der Waals surface area (Å²) >= 11 is 6.44. The molecule has 1 aliphatic heterocycles. The number of anilines is 1. The fourth-order valence-corrected chi connectivity index (χ4v) is 8.73. The fourth-order valence-electron chi connectivity index (χ4n) is 8.53. The summed E-state index contributed by atoms with van der Waals surface area (Å²) in [6, 6.07) is 19.2. The zero-order valence-corrected chi connectivity index (χ0v) is 24.0. The Morgan fingerprint density at radius 3 is 2.27 bits per heavy atom. The molecule has 1 unspecified atom stereocenters. The van der Waals surface area contributed by atoms with Crippen molar-refractivity contribution < 1.29 is 9.59 Å². The zero-order valence-electron chi connectivity index (χ0n) is 23.2. The lowest BCUT2D eigenvalue weighted by Crippen LogP contribution is -2.63. The Hall–Kier alpha value is -3.25. The maximum Gasteiger partial charge on any atom is 0.318 e. The highest BCUT2D eigenvalue weighted by molar-refractivity contribution is 6.30. The Bertz CT molecular complexity index is 1430. The predicted octanol–water partition coefficient (Wildman–Crippen LogP) is 6.96. The van der Waals surface area contributed by atoms with Gasteiger partial charge >= 0.3 is 6.03 Å². The number of urea groups is 1. The Morgan fingerprint density at radius 1 is 0.950 bits per heavy atom. The number of amides is 3. The van der Waals surface area contributed by atoms with Crippen LogP contribution in [0.15, 0.2) is 66.9 Å². The molecule has 4 saturated carbocycles. The second-order valence-corrected chi connectivity index (χ2v) is 13.3. The van der Waals surface area contributed by atoms with E-state index in [2.05, 4.69) is 16.0 Å². The molecule has 8 rings (SSSR count). The Balaban J connectivity index is 1.21. The molecule has 208 valence electrons. The van der Waals surface area contributed by atoms with E-state index in [4.69, 9.17) is 11.6 Å². The van der Waals surface area contributed by atoms with Crippen molar-refractivity contribution >= 4 is 29.2 Å². The van der Waals surface area contributed by atoms with E-state index in [0.29, 0.717) is 5.02 Å². The highest BCUT2D eigenvalue weighted by Crippen LogP contribution is 2.55. The molecule has 4 bridgehead atoms. The van der Waals surface area contributed by atoms with Crippen molar-refractivity contribution in [1.82, 2.24) is 14.8 Å². The van der Waals surface area contributed by atoms with Gasteiger partial charge in [0.25, 0.3) is 0 Å².